The normalized spacial score (nSPS) is 17.1. The SMILES string of the molecule is c1ccc2nc(CNC3CCCCC3)cnc2c1. The van der Waals surface area contributed by atoms with E-state index in [0.29, 0.717) is 6.04 Å². The molecule has 1 heterocycles. The Morgan fingerprint density at radius 3 is 2.67 bits per heavy atom. The molecule has 1 N–H and O–H groups in total. The molecule has 1 aliphatic carbocycles. The molecule has 0 aliphatic heterocycles. The zero-order valence-corrected chi connectivity index (χ0v) is 10.6. The third kappa shape index (κ3) is 2.67. The molecule has 1 saturated carbocycles. The molecule has 1 aromatic carbocycles. The molecule has 0 amide bonds. The van der Waals surface area contributed by atoms with E-state index in [1.807, 2.05) is 30.5 Å². The Bertz CT molecular complexity index is 518. The molecule has 0 bridgehead atoms. The fourth-order valence-electron chi connectivity index (χ4n) is 2.64. The highest BCUT2D eigenvalue weighted by Gasteiger charge is 2.12. The molecule has 18 heavy (non-hydrogen) atoms. The summed E-state index contributed by atoms with van der Waals surface area (Å²) in [6, 6.07) is 8.70. The first-order chi connectivity index (χ1) is 8.92. The van der Waals surface area contributed by atoms with Crippen molar-refractivity contribution >= 4 is 11.0 Å². The van der Waals surface area contributed by atoms with Crippen molar-refractivity contribution in [1.29, 1.82) is 0 Å². The number of rotatable bonds is 3. The van der Waals surface area contributed by atoms with Crippen LogP contribution in [0.25, 0.3) is 11.0 Å². The lowest BCUT2D eigenvalue weighted by Crippen LogP contribution is -2.30. The van der Waals surface area contributed by atoms with Crippen molar-refractivity contribution in [3.05, 3.63) is 36.2 Å². The fraction of sp³-hybridized carbons (Fsp3) is 0.467. The second kappa shape index (κ2) is 5.44. The van der Waals surface area contributed by atoms with Gasteiger partial charge in [-0.2, -0.15) is 0 Å². The average molecular weight is 241 g/mol. The van der Waals surface area contributed by atoms with E-state index in [0.717, 1.165) is 23.3 Å². The topological polar surface area (TPSA) is 37.8 Å². The maximum absolute atomic E-state index is 4.63. The molecule has 0 atom stereocenters. The van der Waals surface area contributed by atoms with Crippen LogP contribution in [0.3, 0.4) is 0 Å². The van der Waals surface area contributed by atoms with Crippen molar-refractivity contribution in [3.63, 3.8) is 0 Å². The minimum atomic E-state index is 0.673. The summed E-state index contributed by atoms with van der Waals surface area (Å²) in [6.07, 6.45) is 8.62. The Labute approximate surface area is 108 Å². The molecule has 1 aliphatic rings. The number of aromatic nitrogens is 2. The summed E-state index contributed by atoms with van der Waals surface area (Å²) in [7, 11) is 0. The quantitative estimate of drug-likeness (QED) is 0.897. The van der Waals surface area contributed by atoms with Crippen LogP contribution in [0.4, 0.5) is 0 Å². The van der Waals surface area contributed by atoms with E-state index in [1.165, 1.54) is 32.1 Å². The Balaban J connectivity index is 1.66. The lowest BCUT2D eigenvalue weighted by atomic mass is 9.95. The summed E-state index contributed by atoms with van der Waals surface area (Å²) >= 11 is 0. The van der Waals surface area contributed by atoms with Crippen LogP contribution >= 0.6 is 0 Å². The third-order valence-electron chi connectivity index (χ3n) is 3.68. The van der Waals surface area contributed by atoms with E-state index in [2.05, 4.69) is 15.3 Å². The smallest absolute Gasteiger partial charge is 0.0890 e. The van der Waals surface area contributed by atoms with Crippen LogP contribution in [0, 0.1) is 0 Å². The van der Waals surface area contributed by atoms with Crippen LogP contribution < -0.4 is 5.32 Å². The predicted octanol–water partition coefficient (Wildman–Crippen LogP) is 3.05. The van der Waals surface area contributed by atoms with Crippen molar-refractivity contribution < 1.29 is 0 Å². The molecule has 3 rings (SSSR count). The summed E-state index contributed by atoms with van der Waals surface area (Å²) in [6.45, 7) is 0.836. The second-order valence-electron chi connectivity index (χ2n) is 5.07. The Hall–Kier alpha value is -1.48. The molecule has 0 unspecified atom stereocenters. The number of hydrogen-bond acceptors (Lipinski definition) is 3. The lowest BCUT2D eigenvalue weighted by molar-refractivity contribution is 0.371. The van der Waals surface area contributed by atoms with Gasteiger partial charge in [-0.1, -0.05) is 31.4 Å². The maximum atomic E-state index is 4.63. The van der Waals surface area contributed by atoms with Crippen molar-refractivity contribution in [1.82, 2.24) is 15.3 Å². The summed E-state index contributed by atoms with van der Waals surface area (Å²) in [5, 5.41) is 3.60. The lowest BCUT2D eigenvalue weighted by Gasteiger charge is -2.22. The highest BCUT2D eigenvalue weighted by Crippen LogP contribution is 2.17. The summed E-state index contributed by atoms with van der Waals surface area (Å²) in [5.41, 5.74) is 3.00. The molecular weight excluding hydrogens is 222 g/mol. The zero-order chi connectivity index (χ0) is 12.2. The van der Waals surface area contributed by atoms with Gasteiger partial charge < -0.3 is 5.32 Å². The minimum Gasteiger partial charge on any atom is -0.308 e. The molecule has 0 radical (unpaired) electrons. The number of nitrogens with one attached hydrogen (secondary N) is 1. The molecule has 1 fully saturated rings. The largest absolute Gasteiger partial charge is 0.308 e. The van der Waals surface area contributed by atoms with Gasteiger partial charge in [0.1, 0.15) is 0 Å². The van der Waals surface area contributed by atoms with Crippen LogP contribution in [0.1, 0.15) is 37.8 Å². The Morgan fingerprint density at radius 1 is 1.06 bits per heavy atom. The van der Waals surface area contributed by atoms with Gasteiger partial charge in [-0.25, -0.2) is 4.98 Å². The Morgan fingerprint density at radius 2 is 1.83 bits per heavy atom. The van der Waals surface area contributed by atoms with Gasteiger partial charge in [0.15, 0.2) is 0 Å². The van der Waals surface area contributed by atoms with Crippen LogP contribution in [-0.2, 0) is 6.54 Å². The van der Waals surface area contributed by atoms with Gasteiger partial charge in [0.2, 0.25) is 0 Å². The number of benzene rings is 1. The van der Waals surface area contributed by atoms with Crippen molar-refractivity contribution in [2.75, 3.05) is 0 Å². The molecule has 3 heteroatoms. The van der Waals surface area contributed by atoms with E-state index in [9.17, 15) is 0 Å². The molecular formula is C15H19N3. The van der Waals surface area contributed by atoms with Crippen molar-refractivity contribution in [2.24, 2.45) is 0 Å². The van der Waals surface area contributed by atoms with Crippen LogP contribution in [0.2, 0.25) is 0 Å². The van der Waals surface area contributed by atoms with Crippen molar-refractivity contribution in [2.45, 2.75) is 44.7 Å². The van der Waals surface area contributed by atoms with Crippen molar-refractivity contribution in [3.8, 4) is 0 Å². The fourth-order valence-corrected chi connectivity index (χ4v) is 2.64. The van der Waals surface area contributed by atoms with Gasteiger partial charge in [0.25, 0.3) is 0 Å². The number of hydrogen-bond donors (Lipinski definition) is 1. The van der Waals surface area contributed by atoms with Crippen LogP contribution in [-0.4, -0.2) is 16.0 Å². The van der Waals surface area contributed by atoms with E-state index < -0.39 is 0 Å². The van der Waals surface area contributed by atoms with Crippen LogP contribution in [0.15, 0.2) is 30.5 Å². The number of fused-ring (bicyclic) bond motifs is 1. The first kappa shape index (κ1) is 11.6. The summed E-state index contributed by atoms with van der Waals surface area (Å²) < 4.78 is 0. The highest BCUT2D eigenvalue weighted by molar-refractivity contribution is 5.73. The van der Waals surface area contributed by atoms with E-state index >= 15 is 0 Å². The molecule has 0 spiro atoms. The minimum absolute atomic E-state index is 0.673. The summed E-state index contributed by atoms with van der Waals surface area (Å²) in [5.74, 6) is 0. The maximum Gasteiger partial charge on any atom is 0.0890 e. The molecule has 1 aromatic heterocycles. The molecule has 94 valence electrons. The standard InChI is InChI=1S/C15H19N3/c1-2-6-12(7-3-1)16-10-13-11-17-14-8-4-5-9-15(14)18-13/h4-5,8-9,11-12,16H,1-3,6-7,10H2. The molecule has 3 nitrogen and oxygen atoms in total. The first-order valence-electron chi connectivity index (χ1n) is 6.86. The van der Waals surface area contributed by atoms with Gasteiger partial charge in [0, 0.05) is 12.6 Å². The predicted molar refractivity (Wildman–Crippen MR) is 73.3 cm³/mol. The van der Waals surface area contributed by atoms with Gasteiger partial charge in [-0.05, 0) is 25.0 Å². The number of nitrogens with zero attached hydrogens (tertiary/aromatic N) is 2. The average Bonchev–Trinajstić information content (AvgIpc) is 2.46. The third-order valence-corrected chi connectivity index (χ3v) is 3.68. The molecule has 2 aromatic rings. The van der Waals surface area contributed by atoms with E-state index in [1.54, 1.807) is 0 Å². The van der Waals surface area contributed by atoms with Gasteiger partial charge >= 0.3 is 0 Å². The Kier molecular flexibility index (Phi) is 3.51. The van der Waals surface area contributed by atoms with E-state index in [-0.39, 0.29) is 0 Å². The van der Waals surface area contributed by atoms with Gasteiger partial charge in [0.05, 0.1) is 22.9 Å². The zero-order valence-electron chi connectivity index (χ0n) is 10.6. The second-order valence-corrected chi connectivity index (χ2v) is 5.07. The highest BCUT2D eigenvalue weighted by atomic mass is 14.9. The first-order valence-corrected chi connectivity index (χ1v) is 6.86. The van der Waals surface area contributed by atoms with E-state index in [4.69, 9.17) is 0 Å². The molecule has 0 saturated heterocycles. The van der Waals surface area contributed by atoms with Crippen LogP contribution in [0.5, 0.6) is 0 Å². The monoisotopic (exact) mass is 241 g/mol. The number of para-hydroxylation sites is 2. The van der Waals surface area contributed by atoms with Gasteiger partial charge in [-0.3, -0.25) is 4.98 Å². The van der Waals surface area contributed by atoms with Gasteiger partial charge in [-0.15, -0.1) is 0 Å². The summed E-state index contributed by atoms with van der Waals surface area (Å²) in [4.78, 5) is 9.08.